The van der Waals surface area contributed by atoms with Gasteiger partial charge in [0.25, 0.3) is 5.91 Å². The second-order valence-electron chi connectivity index (χ2n) is 5.61. The van der Waals surface area contributed by atoms with E-state index in [1.54, 1.807) is 0 Å². The van der Waals surface area contributed by atoms with Crippen molar-refractivity contribution in [3.05, 3.63) is 34.4 Å². The van der Waals surface area contributed by atoms with Crippen molar-refractivity contribution in [2.75, 3.05) is 6.54 Å². The van der Waals surface area contributed by atoms with Gasteiger partial charge in [-0.3, -0.25) is 4.79 Å². The lowest BCUT2D eigenvalue weighted by molar-refractivity contribution is 0.0932. The molecule has 0 bridgehead atoms. The molecule has 2 nitrogen and oxygen atoms in total. The fourth-order valence-corrected chi connectivity index (χ4v) is 2.39. The van der Waals surface area contributed by atoms with E-state index in [0.29, 0.717) is 18.4 Å². The molecule has 1 aromatic carbocycles. The van der Waals surface area contributed by atoms with Gasteiger partial charge >= 0.3 is 0 Å². The van der Waals surface area contributed by atoms with Crippen molar-refractivity contribution in [3.8, 4) is 0 Å². The highest BCUT2D eigenvalue weighted by Crippen LogP contribution is 2.21. The van der Waals surface area contributed by atoms with Gasteiger partial charge in [-0.2, -0.15) is 0 Å². The Labute approximate surface area is 123 Å². The van der Waals surface area contributed by atoms with E-state index in [2.05, 4.69) is 33.0 Å². The number of amides is 1. The molecule has 0 unspecified atom stereocenters. The van der Waals surface area contributed by atoms with Crippen LogP contribution in [0.2, 0.25) is 5.02 Å². The molecule has 20 heavy (non-hydrogen) atoms. The lowest BCUT2D eigenvalue weighted by Crippen LogP contribution is -2.34. The summed E-state index contributed by atoms with van der Waals surface area (Å²) in [4.78, 5) is 11.9. The molecule has 0 saturated heterocycles. The fourth-order valence-electron chi connectivity index (χ4n) is 2.24. The van der Waals surface area contributed by atoms with Crippen molar-refractivity contribution in [1.82, 2.24) is 5.32 Å². The highest BCUT2D eigenvalue weighted by molar-refractivity contribution is 6.30. The molecule has 0 aromatic heterocycles. The molecule has 0 spiro atoms. The molecule has 1 N–H and O–H groups in total. The molecule has 0 aliphatic heterocycles. The van der Waals surface area contributed by atoms with E-state index in [1.165, 1.54) is 0 Å². The van der Waals surface area contributed by atoms with Gasteiger partial charge in [0.15, 0.2) is 0 Å². The minimum Gasteiger partial charge on any atom is -0.352 e. The van der Waals surface area contributed by atoms with E-state index in [1.807, 2.05) is 0 Å². The largest absolute Gasteiger partial charge is 0.352 e. The zero-order chi connectivity index (χ0) is 15.4. The molecule has 0 saturated carbocycles. The van der Waals surface area contributed by atoms with Crippen LogP contribution in [0.1, 0.15) is 38.1 Å². The maximum absolute atomic E-state index is 13.6. The van der Waals surface area contributed by atoms with Gasteiger partial charge in [-0.05, 0) is 29.9 Å². The molecule has 0 aliphatic carbocycles. The van der Waals surface area contributed by atoms with Crippen LogP contribution < -0.4 is 5.32 Å². The number of benzene rings is 1. The first-order chi connectivity index (χ1) is 9.23. The highest BCUT2D eigenvalue weighted by Gasteiger charge is 2.20. The minimum absolute atomic E-state index is 0.277. The number of halogens is 3. The van der Waals surface area contributed by atoms with Crippen LogP contribution in [0.25, 0.3) is 0 Å². The Bertz CT molecular complexity index is 481. The third-order valence-electron chi connectivity index (χ3n) is 3.47. The summed E-state index contributed by atoms with van der Waals surface area (Å²) in [6.45, 7) is 8.70. The molecule has 1 rings (SSSR count). The number of carbonyl (C=O) groups excluding carboxylic acids is 1. The Kier molecular flexibility index (Phi) is 5.93. The zero-order valence-electron chi connectivity index (χ0n) is 12.1. The van der Waals surface area contributed by atoms with Gasteiger partial charge in [-0.15, -0.1) is 0 Å². The molecule has 1 amide bonds. The first kappa shape index (κ1) is 16.9. The topological polar surface area (TPSA) is 29.1 Å². The van der Waals surface area contributed by atoms with Crippen LogP contribution in [0.5, 0.6) is 0 Å². The second-order valence-corrected chi connectivity index (χ2v) is 6.02. The van der Waals surface area contributed by atoms with Crippen LogP contribution >= 0.6 is 11.6 Å². The fraction of sp³-hybridized carbons (Fsp3) is 0.533. The van der Waals surface area contributed by atoms with E-state index < -0.39 is 17.5 Å². The molecule has 0 heterocycles. The quantitative estimate of drug-likeness (QED) is 0.808. The first-order valence-corrected chi connectivity index (χ1v) is 7.04. The molecule has 0 radical (unpaired) electrons. The Morgan fingerprint density at radius 2 is 1.70 bits per heavy atom. The predicted octanol–water partition coefficient (Wildman–Crippen LogP) is 4.28. The highest BCUT2D eigenvalue weighted by atomic mass is 35.5. The summed E-state index contributed by atoms with van der Waals surface area (Å²) in [6, 6.07) is 1.64. The summed E-state index contributed by atoms with van der Waals surface area (Å²) in [5, 5.41) is 2.33. The number of carbonyl (C=O) groups is 1. The van der Waals surface area contributed by atoms with E-state index in [4.69, 9.17) is 11.6 Å². The summed E-state index contributed by atoms with van der Waals surface area (Å²) < 4.78 is 26.9. The molecule has 112 valence electrons. The first-order valence-electron chi connectivity index (χ1n) is 6.66. The van der Waals surface area contributed by atoms with Crippen LogP contribution in [0, 0.1) is 29.4 Å². The normalized spacial score (nSPS) is 11.5. The lowest BCUT2D eigenvalue weighted by atomic mass is 9.85. The number of hydrogen-bond acceptors (Lipinski definition) is 1. The van der Waals surface area contributed by atoms with Crippen LogP contribution in [-0.4, -0.2) is 12.5 Å². The second kappa shape index (κ2) is 7.02. The van der Waals surface area contributed by atoms with Gasteiger partial charge in [0.05, 0.1) is 10.6 Å². The average molecular weight is 304 g/mol. The summed E-state index contributed by atoms with van der Waals surface area (Å²) in [6.07, 6.45) is 0. The summed E-state index contributed by atoms with van der Waals surface area (Å²) in [7, 11) is 0. The summed E-state index contributed by atoms with van der Waals surface area (Å²) >= 11 is 5.45. The van der Waals surface area contributed by atoms with Crippen LogP contribution in [0.15, 0.2) is 12.1 Å². The lowest BCUT2D eigenvalue weighted by Gasteiger charge is -2.25. The van der Waals surface area contributed by atoms with Crippen molar-refractivity contribution >= 4 is 17.5 Å². The Morgan fingerprint density at radius 1 is 1.15 bits per heavy atom. The summed E-state index contributed by atoms with van der Waals surface area (Å²) in [5.74, 6) is -1.19. The molecular formula is C15H20ClF2NO. The van der Waals surface area contributed by atoms with Crippen molar-refractivity contribution in [2.45, 2.75) is 27.7 Å². The standard InChI is InChI=1S/C15H20ClF2NO/c1-8(2)11(9(3)4)7-19-15(20)10-5-14(18)12(16)6-13(10)17/h5-6,8-9,11H,7H2,1-4H3,(H,19,20). The van der Waals surface area contributed by atoms with Gasteiger partial charge in [0.2, 0.25) is 0 Å². The molecule has 0 atom stereocenters. The third-order valence-corrected chi connectivity index (χ3v) is 3.76. The van der Waals surface area contributed by atoms with E-state index in [0.717, 1.165) is 12.1 Å². The van der Waals surface area contributed by atoms with E-state index in [9.17, 15) is 13.6 Å². The van der Waals surface area contributed by atoms with Gasteiger partial charge in [0.1, 0.15) is 11.6 Å². The number of rotatable bonds is 5. The smallest absolute Gasteiger partial charge is 0.254 e. The van der Waals surface area contributed by atoms with Crippen molar-refractivity contribution in [3.63, 3.8) is 0 Å². The molecular weight excluding hydrogens is 284 g/mol. The average Bonchev–Trinajstić information content (AvgIpc) is 2.32. The SMILES string of the molecule is CC(C)C(CNC(=O)c1cc(F)c(Cl)cc1F)C(C)C. The van der Waals surface area contributed by atoms with Crippen molar-refractivity contribution in [2.24, 2.45) is 17.8 Å². The zero-order valence-corrected chi connectivity index (χ0v) is 12.9. The van der Waals surface area contributed by atoms with Gasteiger partial charge in [-0.25, -0.2) is 8.78 Å². The predicted molar refractivity (Wildman–Crippen MR) is 76.9 cm³/mol. The maximum atomic E-state index is 13.6. The molecule has 1 aromatic rings. The Morgan fingerprint density at radius 3 is 2.20 bits per heavy atom. The maximum Gasteiger partial charge on any atom is 0.254 e. The van der Waals surface area contributed by atoms with Crippen molar-refractivity contribution < 1.29 is 13.6 Å². The van der Waals surface area contributed by atoms with E-state index >= 15 is 0 Å². The van der Waals surface area contributed by atoms with Gasteiger partial charge < -0.3 is 5.32 Å². The molecule has 0 aliphatic rings. The van der Waals surface area contributed by atoms with Gasteiger partial charge in [0, 0.05) is 6.54 Å². The number of hydrogen-bond donors (Lipinski definition) is 1. The van der Waals surface area contributed by atoms with Gasteiger partial charge in [-0.1, -0.05) is 39.3 Å². The van der Waals surface area contributed by atoms with Crippen molar-refractivity contribution in [1.29, 1.82) is 0 Å². The minimum atomic E-state index is -0.820. The van der Waals surface area contributed by atoms with Crippen LogP contribution in [0.4, 0.5) is 8.78 Å². The van der Waals surface area contributed by atoms with E-state index in [-0.39, 0.29) is 16.5 Å². The summed E-state index contributed by atoms with van der Waals surface area (Å²) in [5.41, 5.74) is -0.321. The monoisotopic (exact) mass is 303 g/mol. The Hall–Kier alpha value is -1.16. The van der Waals surface area contributed by atoms with Crippen LogP contribution in [0.3, 0.4) is 0 Å². The van der Waals surface area contributed by atoms with Crippen LogP contribution in [-0.2, 0) is 0 Å². The third kappa shape index (κ3) is 4.17. The number of nitrogens with one attached hydrogen (secondary N) is 1. The molecule has 5 heteroatoms. The Balaban J connectivity index is 2.79. The molecule has 0 fully saturated rings.